The van der Waals surface area contributed by atoms with E-state index in [0.29, 0.717) is 6.54 Å². The molecule has 2 heterocycles. The Bertz CT molecular complexity index is 690. The lowest BCUT2D eigenvalue weighted by Gasteiger charge is -2.28. The van der Waals surface area contributed by atoms with Crippen LogP contribution in [0.25, 0.3) is 0 Å². The third-order valence-electron chi connectivity index (χ3n) is 4.87. The second-order valence-corrected chi connectivity index (χ2v) is 7.29. The first-order chi connectivity index (χ1) is 12.2. The van der Waals surface area contributed by atoms with Crippen molar-refractivity contribution in [2.24, 2.45) is 0 Å². The van der Waals surface area contributed by atoms with E-state index >= 15 is 0 Å². The summed E-state index contributed by atoms with van der Waals surface area (Å²) in [6.45, 7) is 4.90. The Balaban J connectivity index is 1.72. The highest BCUT2D eigenvalue weighted by atomic mass is 32.1. The fourth-order valence-corrected chi connectivity index (χ4v) is 4.33. The van der Waals surface area contributed by atoms with E-state index in [1.165, 1.54) is 29.7 Å². The Kier molecular flexibility index (Phi) is 6.10. The molecule has 1 aliphatic heterocycles. The number of thiophene rings is 1. The number of carbonyl (C=O) groups excluding carboxylic acids is 1. The van der Waals surface area contributed by atoms with Crippen LogP contribution in [0.4, 0.5) is 0 Å². The third-order valence-corrected chi connectivity index (χ3v) is 5.83. The maximum absolute atomic E-state index is 12.6. The highest BCUT2D eigenvalue weighted by Gasteiger charge is 2.24. The van der Waals surface area contributed by atoms with Crippen LogP contribution in [0.5, 0.6) is 5.75 Å². The second kappa shape index (κ2) is 8.50. The van der Waals surface area contributed by atoms with Crippen molar-refractivity contribution in [3.63, 3.8) is 0 Å². The Hall–Kier alpha value is -1.85. The summed E-state index contributed by atoms with van der Waals surface area (Å²) < 4.78 is 5.27. The molecule has 134 valence electrons. The smallest absolute Gasteiger partial charge is 0.261 e. The molecule has 3 rings (SSSR count). The van der Waals surface area contributed by atoms with Gasteiger partial charge in [0.1, 0.15) is 5.75 Å². The molecule has 1 aromatic carbocycles. The number of aryl methyl sites for hydroxylation is 1. The Labute approximate surface area is 153 Å². The number of hydrogen-bond donors (Lipinski definition) is 1. The van der Waals surface area contributed by atoms with Crippen molar-refractivity contribution in [1.82, 2.24) is 10.2 Å². The quantitative estimate of drug-likeness (QED) is 0.816. The lowest BCUT2D eigenvalue weighted by Crippen LogP contribution is -2.36. The van der Waals surface area contributed by atoms with Crippen LogP contribution < -0.4 is 10.1 Å². The van der Waals surface area contributed by atoms with Gasteiger partial charge in [-0.1, -0.05) is 19.1 Å². The summed E-state index contributed by atoms with van der Waals surface area (Å²) in [4.78, 5) is 15.9. The zero-order chi connectivity index (χ0) is 17.6. The monoisotopic (exact) mass is 358 g/mol. The van der Waals surface area contributed by atoms with Gasteiger partial charge in [0.05, 0.1) is 18.0 Å². The molecule has 1 atom stereocenters. The molecule has 1 aliphatic rings. The minimum Gasteiger partial charge on any atom is -0.497 e. The number of rotatable bonds is 7. The molecule has 5 heteroatoms. The Morgan fingerprint density at radius 3 is 2.60 bits per heavy atom. The summed E-state index contributed by atoms with van der Waals surface area (Å²) in [7, 11) is 1.68. The molecule has 1 saturated heterocycles. The van der Waals surface area contributed by atoms with Crippen LogP contribution in [0.15, 0.2) is 35.7 Å². The first-order valence-corrected chi connectivity index (χ1v) is 9.83. The fraction of sp³-hybridized carbons (Fsp3) is 0.450. The number of carbonyl (C=O) groups is 1. The van der Waals surface area contributed by atoms with Gasteiger partial charge in [-0.05, 0) is 67.1 Å². The second-order valence-electron chi connectivity index (χ2n) is 6.37. The van der Waals surface area contributed by atoms with Crippen LogP contribution in [0.2, 0.25) is 0 Å². The maximum atomic E-state index is 12.6. The summed E-state index contributed by atoms with van der Waals surface area (Å²) in [5.41, 5.74) is 2.36. The van der Waals surface area contributed by atoms with E-state index in [4.69, 9.17) is 4.74 Å². The summed E-state index contributed by atoms with van der Waals surface area (Å²) in [6.07, 6.45) is 3.34. The van der Waals surface area contributed by atoms with Gasteiger partial charge in [-0.25, -0.2) is 0 Å². The van der Waals surface area contributed by atoms with E-state index in [-0.39, 0.29) is 11.9 Å². The number of methoxy groups -OCH3 is 1. The van der Waals surface area contributed by atoms with Gasteiger partial charge in [-0.15, -0.1) is 11.3 Å². The predicted molar refractivity (Wildman–Crippen MR) is 103 cm³/mol. The third kappa shape index (κ3) is 4.22. The fourth-order valence-electron chi connectivity index (χ4n) is 3.42. The van der Waals surface area contributed by atoms with E-state index in [9.17, 15) is 4.79 Å². The Morgan fingerprint density at radius 1 is 1.24 bits per heavy atom. The van der Waals surface area contributed by atoms with Gasteiger partial charge in [-0.3, -0.25) is 9.69 Å². The van der Waals surface area contributed by atoms with E-state index < -0.39 is 0 Å². The molecule has 1 fully saturated rings. The molecule has 1 amide bonds. The van der Waals surface area contributed by atoms with E-state index in [2.05, 4.69) is 29.3 Å². The number of benzene rings is 1. The van der Waals surface area contributed by atoms with Gasteiger partial charge < -0.3 is 10.1 Å². The minimum atomic E-state index is 0.0459. The average molecular weight is 359 g/mol. The van der Waals surface area contributed by atoms with Crippen LogP contribution in [0.3, 0.4) is 0 Å². The number of nitrogens with one attached hydrogen (secondary N) is 1. The number of amides is 1. The van der Waals surface area contributed by atoms with Crippen molar-refractivity contribution < 1.29 is 9.53 Å². The van der Waals surface area contributed by atoms with Gasteiger partial charge >= 0.3 is 0 Å². The highest BCUT2D eigenvalue weighted by Crippen LogP contribution is 2.26. The van der Waals surface area contributed by atoms with Gasteiger partial charge in [0.2, 0.25) is 0 Å². The number of nitrogens with zero attached hydrogens (tertiary/aromatic N) is 1. The van der Waals surface area contributed by atoms with E-state index in [1.54, 1.807) is 7.11 Å². The lowest BCUT2D eigenvalue weighted by molar-refractivity contribution is 0.0941. The average Bonchev–Trinajstić information content (AvgIpc) is 3.34. The standard InChI is InChI=1S/C20H26N2O2S/c1-3-15-10-13-25-19(15)20(23)21-14-18(22-11-4-5-12-22)16-6-8-17(24-2)9-7-16/h6-10,13,18H,3-5,11-12,14H2,1-2H3,(H,21,23). The zero-order valence-electron chi connectivity index (χ0n) is 15.0. The molecular formula is C20H26N2O2S. The van der Waals surface area contributed by atoms with Crippen molar-refractivity contribution >= 4 is 17.2 Å². The molecule has 0 bridgehead atoms. The molecule has 0 spiro atoms. The van der Waals surface area contributed by atoms with Crippen LogP contribution in [0.1, 0.15) is 46.6 Å². The van der Waals surface area contributed by atoms with Crippen molar-refractivity contribution in [2.45, 2.75) is 32.2 Å². The molecule has 25 heavy (non-hydrogen) atoms. The van der Waals surface area contributed by atoms with Crippen LogP contribution in [-0.4, -0.2) is 37.6 Å². The van der Waals surface area contributed by atoms with Gasteiger partial charge in [0, 0.05) is 6.54 Å². The summed E-state index contributed by atoms with van der Waals surface area (Å²) in [5, 5.41) is 5.16. The lowest BCUT2D eigenvalue weighted by atomic mass is 10.0. The number of ether oxygens (including phenoxy) is 1. The van der Waals surface area contributed by atoms with Crippen LogP contribution >= 0.6 is 11.3 Å². The first kappa shape index (κ1) is 18.0. The van der Waals surface area contributed by atoms with Gasteiger partial charge in [0.15, 0.2) is 0 Å². The molecular weight excluding hydrogens is 332 g/mol. The minimum absolute atomic E-state index is 0.0459. The number of likely N-dealkylation sites (tertiary alicyclic amines) is 1. The molecule has 0 radical (unpaired) electrons. The van der Waals surface area contributed by atoms with Gasteiger partial charge in [-0.2, -0.15) is 0 Å². The summed E-state index contributed by atoms with van der Waals surface area (Å²) >= 11 is 1.52. The molecule has 1 unspecified atom stereocenters. The molecule has 1 N–H and O–H groups in total. The van der Waals surface area contributed by atoms with Crippen LogP contribution in [-0.2, 0) is 6.42 Å². The molecule has 0 aliphatic carbocycles. The zero-order valence-corrected chi connectivity index (χ0v) is 15.8. The highest BCUT2D eigenvalue weighted by molar-refractivity contribution is 7.12. The predicted octanol–water partition coefficient (Wildman–Crippen LogP) is 3.89. The Morgan fingerprint density at radius 2 is 1.96 bits per heavy atom. The van der Waals surface area contributed by atoms with Crippen molar-refractivity contribution in [3.05, 3.63) is 51.7 Å². The topological polar surface area (TPSA) is 41.6 Å². The van der Waals surface area contributed by atoms with Crippen LogP contribution in [0, 0.1) is 0 Å². The van der Waals surface area contributed by atoms with Gasteiger partial charge in [0.25, 0.3) is 5.91 Å². The van der Waals surface area contributed by atoms with Crippen molar-refractivity contribution in [2.75, 3.05) is 26.7 Å². The maximum Gasteiger partial charge on any atom is 0.261 e. The number of hydrogen-bond acceptors (Lipinski definition) is 4. The SMILES string of the molecule is CCc1ccsc1C(=O)NCC(c1ccc(OC)cc1)N1CCCC1. The molecule has 0 saturated carbocycles. The summed E-state index contributed by atoms with van der Waals surface area (Å²) in [5.74, 6) is 0.906. The molecule has 2 aromatic rings. The molecule has 4 nitrogen and oxygen atoms in total. The first-order valence-electron chi connectivity index (χ1n) is 8.95. The van der Waals surface area contributed by atoms with E-state index in [1.807, 2.05) is 23.6 Å². The summed E-state index contributed by atoms with van der Waals surface area (Å²) in [6, 6.07) is 10.5. The van der Waals surface area contributed by atoms with Crippen molar-refractivity contribution in [1.29, 1.82) is 0 Å². The van der Waals surface area contributed by atoms with Crippen molar-refractivity contribution in [3.8, 4) is 5.75 Å². The normalized spacial score (nSPS) is 15.9. The largest absolute Gasteiger partial charge is 0.497 e. The van der Waals surface area contributed by atoms with E-state index in [0.717, 1.165) is 35.7 Å². The molecule has 1 aromatic heterocycles.